The highest BCUT2D eigenvalue weighted by Gasteiger charge is 2.18. The summed E-state index contributed by atoms with van der Waals surface area (Å²) in [4.78, 5) is 26.4. The number of carboxylic acid groups (broad SMARTS) is 2. The molecule has 0 unspecified atom stereocenters. The summed E-state index contributed by atoms with van der Waals surface area (Å²) in [5.41, 5.74) is 1.70. The molecule has 0 radical (unpaired) electrons. The third-order valence-electron chi connectivity index (χ3n) is 2.99. The molecule has 0 saturated heterocycles. The molecule has 0 saturated carbocycles. The van der Waals surface area contributed by atoms with Gasteiger partial charge in [0.25, 0.3) is 0 Å². The summed E-state index contributed by atoms with van der Waals surface area (Å²) in [6.45, 7) is 3.46. The highest BCUT2D eigenvalue weighted by atomic mass is 16.4. The van der Waals surface area contributed by atoms with Gasteiger partial charge in [-0.1, -0.05) is 17.7 Å². The molecular weight excluding hydrogens is 272 g/mol. The van der Waals surface area contributed by atoms with Crippen LogP contribution in [0.2, 0.25) is 0 Å². The fraction of sp³-hybridized carbons (Fsp3) is 0.133. The van der Waals surface area contributed by atoms with Crippen LogP contribution in [0.15, 0.2) is 30.3 Å². The fourth-order valence-corrected chi connectivity index (χ4v) is 1.85. The lowest BCUT2D eigenvalue weighted by molar-refractivity contribution is 0.0695. The van der Waals surface area contributed by atoms with Crippen LogP contribution in [0.3, 0.4) is 0 Å². The molecule has 0 spiro atoms. The zero-order chi connectivity index (χ0) is 15.6. The SMILES string of the molecule is Cc1ccc(Nc2nc(C)c(C(=O)O)cc2C(=O)O)cc1. The van der Waals surface area contributed by atoms with E-state index in [4.69, 9.17) is 5.11 Å². The third kappa shape index (κ3) is 3.17. The number of rotatable bonds is 4. The highest BCUT2D eigenvalue weighted by Crippen LogP contribution is 2.22. The van der Waals surface area contributed by atoms with E-state index in [1.807, 2.05) is 19.1 Å². The van der Waals surface area contributed by atoms with Crippen molar-refractivity contribution in [3.8, 4) is 0 Å². The van der Waals surface area contributed by atoms with Crippen molar-refractivity contribution >= 4 is 23.4 Å². The van der Waals surface area contributed by atoms with Gasteiger partial charge in [0, 0.05) is 5.69 Å². The minimum absolute atomic E-state index is 0.119. The normalized spacial score (nSPS) is 10.2. The first kappa shape index (κ1) is 14.5. The number of aryl methyl sites for hydroxylation is 2. The Hall–Kier alpha value is -2.89. The predicted molar refractivity (Wildman–Crippen MR) is 77.4 cm³/mol. The fourth-order valence-electron chi connectivity index (χ4n) is 1.85. The maximum absolute atomic E-state index is 11.3. The van der Waals surface area contributed by atoms with Crippen LogP contribution in [0.5, 0.6) is 0 Å². The first-order valence-electron chi connectivity index (χ1n) is 6.20. The quantitative estimate of drug-likeness (QED) is 0.799. The lowest BCUT2D eigenvalue weighted by atomic mass is 10.1. The number of hydrogen-bond donors (Lipinski definition) is 3. The largest absolute Gasteiger partial charge is 0.478 e. The van der Waals surface area contributed by atoms with Gasteiger partial charge in [-0.3, -0.25) is 0 Å². The van der Waals surface area contributed by atoms with Crippen LogP contribution in [0.1, 0.15) is 32.0 Å². The number of aromatic carboxylic acids is 2. The van der Waals surface area contributed by atoms with Gasteiger partial charge >= 0.3 is 11.9 Å². The minimum Gasteiger partial charge on any atom is -0.478 e. The van der Waals surface area contributed by atoms with E-state index in [9.17, 15) is 14.7 Å². The molecule has 0 bridgehead atoms. The zero-order valence-electron chi connectivity index (χ0n) is 11.5. The van der Waals surface area contributed by atoms with E-state index in [1.54, 1.807) is 12.1 Å². The van der Waals surface area contributed by atoms with E-state index in [2.05, 4.69) is 10.3 Å². The molecule has 0 aliphatic heterocycles. The van der Waals surface area contributed by atoms with Gasteiger partial charge < -0.3 is 15.5 Å². The Morgan fingerprint density at radius 3 is 2.10 bits per heavy atom. The number of anilines is 2. The lowest BCUT2D eigenvalue weighted by Gasteiger charge is -2.11. The van der Waals surface area contributed by atoms with Gasteiger partial charge in [0.1, 0.15) is 11.4 Å². The Kier molecular flexibility index (Phi) is 3.89. The van der Waals surface area contributed by atoms with Crippen molar-refractivity contribution in [3.05, 3.63) is 52.7 Å². The van der Waals surface area contributed by atoms with E-state index in [-0.39, 0.29) is 22.6 Å². The molecule has 1 aromatic carbocycles. The average molecular weight is 286 g/mol. The number of carbonyl (C=O) groups is 2. The molecule has 6 heteroatoms. The van der Waals surface area contributed by atoms with Crippen molar-refractivity contribution in [1.29, 1.82) is 0 Å². The number of pyridine rings is 1. The van der Waals surface area contributed by atoms with Gasteiger partial charge in [0.15, 0.2) is 0 Å². The van der Waals surface area contributed by atoms with Crippen molar-refractivity contribution in [2.45, 2.75) is 13.8 Å². The molecule has 108 valence electrons. The van der Waals surface area contributed by atoms with Crippen LogP contribution in [0.25, 0.3) is 0 Å². The number of nitrogens with zero attached hydrogens (tertiary/aromatic N) is 1. The van der Waals surface area contributed by atoms with Crippen LogP contribution in [-0.4, -0.2) is 27.1 Å². The second kappa shape index (κ2) is 5.62. The Morgan fingerprint density at radius 1 is 1.00 bits per heavy atom. The molecule has 0 aliphatic rings. The highest BCUT2D eigenvalue weighted by molar-refractivity contribution is 5.98. The predicted octanol–water partition coefficient (Wildman–Crippen LogP) is 2.84. The second-order valence-electron chi connectivity index (χ2n) is 4.62. The summed E-state index contributed by atoms with van der Waals surface area (Å²) in [6.07, 6.45) is 0. The van der Waals surface area contributed by atoms with Crippen molar-refractivity contribution in [3.63, 3.8) is 0 Å². The van der Waals surface area contributed by atoms with Crippen LogP contribution >= 0.6 is 0 Å². The Labute approximate surface area is 121 Å². The zero-order valence-corrected chi connectivity index (χ0v) is 11.5. The maximum atomic E-state index is 11.3. The Balaban J connectivity index is 2.47. The number of nitrogens with one attached hydrogen (secondary N) is 1. The number of aromatic nitrogens is 1. The third-order valence-corrected chi connectivity index (χ3v) is 2.99. The molecule has 2 aromatic rings. The van der Waals surface area contributed by atoms with E-state index in [0.29, 0.717) is 5.69 Å². The van der Waals surface area contributed by atoms with E-state index in [1.165, 1.54) is 6.92 Å². The molecule has 0 amide bonds. The summed E-state index contributed by atoms with van der Waals surface area (Å²) < 4.78 is 0. The molecule has 2 rings (SSSR count). The first-order valence-corrected chi connectivity index (χ1v) is 6.20. The first-order chi connectivity index (χ1) is 9.88. The van der Waals surface area contributed by atoms with E-state index in [0.717, 1.165) is 11.6 Å². The van der Waals surface area contributed by atoms with Gasteiger partial charge in [-0.2, -0.15) is 0 Å². The monoisotopic (exact) mass is 286 g/mol. The van der Waals surface area contributed by atoms with Crippen LogP contribution < -0.4 is 5.32 Å². The standard InChI is InChI=1S/C15H14N2O4/c1-8-3-5-10(6-4-8)17-13-12(15(20)21)7-11(14(18)19)9(2)16-13/h3-7H,1-2H3,(H,16,17)(H,18,19)(H,20,21). The van der Waals surface area contributed by atoms with Gasteiger partial charge in [0.2, 0.25) is 0 Å². The van der Waals surface area contributed by atoms with Gasteiger partial charge in [-0.05, 0) is 32.0 Å². The van der Waals surface area contributed by atoms with Gasteiger partial charge in [0.05, 0.1) is 11.3 Å². The van der Waals surface area contributed by atoms with Crippen molar-refractivity contribution in [1.82, 2.24) is 4.98 Å². The average Bonchev–Trinajstić information content (AvgIpc) is 2.40. The van der Waals surface area contributed by atoms with Crippen molar-refractivity contribution in [2.75, 3.05) is 5.32 Å². The molecule has 1 heterocycles. The molecule has 21 heavy (non-hydrogen) atoms. The molecule has 0 fully saturated rings. The summed E-state index contributed by atoms with van der Waals surface area (Å²) in [5, 5.41) is 21.1. The van der Waals surface area contributed by atoms with E-state index < -0.39 is 11.9 Å². The second-order valence-corrected chi connectivity index (χ2v) is 4.62. The lowest BCUT2D eigenvalue weighted by Crippen LogP contribution is -2.11. The Morgan fingerprint density at radius 2 is 1.57 bits per heavy atom. The van der Waals surface area contributed by atoms with E-state index >= 15 is 0 Å². The number of benzene rings is 1. The molecule has 0 atom stereocenters. The molecule has 1 aromatic heterocycles. The smallest absolute Gasteiger partial charge is 0.339 e. The molecule has 3 N–H and O–H groups in total. The van der Waals surface area contributed by atoms with Crippen molar-refractivity contribution < 1.29 is 19.8 Å². The summed E-state index contributed by atoms with van der Waals surface area (Å²) in [6, 6.07) is 8.46. The topological polar surface area (TPSA) is 99.5 Å². The molecule has 0 aliphatic carbocycles. The van der Waals surface area contributed by atoms with Crippen LogP contribution in [-0.2, 0) is 0 Å². The minimum atomic E-state index is -1.24. The molecular formula is C15H14N2O4. The summed E-state index contributed by atoms with van der Waals surface area (Å²) >= 11 is 0. The van der Waals surface area contributed by atoms with Crippen LogP contribution in [0.4, 0.5) is 11.5 Å². The summed E-state index contributed by atoms with van der Waals surface area (Å²) in [7, 11) is 0. The number of carboxylic acids is 2. The van der Waals surface area contributed by atoms with Crippen molar-refractivity contribution in [2.24, 2.45) is 0 Å². The van der Waals surface area contributed by atoms with Gasteiger partial charge in [-0.15, -0.1) is 0 Å². The summed E-state index contributed by atoms with van der Waals surface area (Å²) in [5.74, 6) is -2.32. The number of hydrogen-bond acceptors (Lipinski definition) is 4. The maximum Gasteiger partial charge on any atom is 0.339 e. The van der Waals surface area contributed by atoms with Crippen LogP contribution in [0, 0.1) is 13.8 Å². The molecule has 6 nitrogen and oxygen atoms in total. The van der Waals surface area contributed by atoms with Gasteiger partial charge in [-0.25, -0.2) is 14.6 Å². The Bertz CT molecular complexity index is 708.